The summed E-state index contributed by atoms with van der Waals surface area (Å²) in [5.74, 6) is 0. The third kappa shape index (κ3) is 4.72. The molecule has 1 aromatic heterocycles. The molecule has 0 aliphatic carbocycles. The minimum absolute atomic E-state index is 0.133. The topological polar surface area (TPSA) is 29.9 Å². The SMILES string of the molecule is CC(CC(C)(C)c1ccccc1)Nc1cnn(Cc2ccccc2)c1. The molecule has 3 nitrogen and oxygen atoms in total. The molecule has 2 aromatic carbocycles. The second-order valence-corrected chi connectivity index (χ2v) is 7.41. The van der Waals surface area contributed by atoms with Gasteiger partial charge in [-0.3, -0.25) is 4.68 Å². The van der Waals surface area contributed by atoms with Gasteiger partial charge in [0, 0.05) is 12.2 Å². The minimum Gasteiger partial charge on any atom is -0.380 e. The van der Waals surface area contributed by atoms with Crippen LogP contribution in [0, 0.1) is 0 Å². The quantitative estimate of drug-likeness (QED) is 0.652. The summed E-state index contributed by atoms with van der Waals surface area (Å²) < 4.78 is 1.98. The zero-order valence-electron chi connectivity index (χ0n) is 15.3. The van der Waals surface area contributed by atoms with Crippen molar-refractivity contribution in [2.75, 3.05) is 5.32 Å². The Hall–Kier alpha value is -2.55. The third-order valence-electron chi connectivity index (χ3n) is 4.61. The van der Waals surface area contributed by atoms with Gasteiger partial charge in [-0.25, -0.2) is 0 Å². The second kappa shape index (κ2) is 7.56. The van der Waals surface area contributed by atoms with Crippen molar-refractivity contribution in [2.45, 2.75) is 45.2 Å². The molecule has 0 spiro atoms. The van der Waals surface area contributed by atoms with Crippen LogP contribution in [0.25, 0.3) is 0 Å². The molecule has 25 heavy (non-hydrogen) atoms. The number of aromatic nitrogens is 2. The van der Waals surface area contributed by atoms with Gasteiger partial charge in [-0.2, -0.15) is 5.10 Å². The minimum atomic E-state index is 0.133. The molecular weight excluding hydrogens is 306 g/mol. The summed E-state index contributed by atoms with van der Waals surface area (Å²) in [4.78, 5) is 0. The molecule has 1 N–H and O–H groups in total. The highest BCUT2D eigenvalue weighted by atomic mass is 15.3. The van der Waals surface area contributed by atoms with E-state index in [2.05, 4.69) is 92.0 Å². The maximum absolute atomic E-state index is 4.47. The number of nitrogens with zero attached hydrogens (tertiary/aromatic N) is 2. The van der Waals surface area contributed by atoms with Crippen LogP contribution in [-0.4, -0.2) is 15.8 Å². The molecular formula is C22H27N3. The molecule has 3 aromatic rings. The van der Waals surface area contributed by atoms with Crippen LogP contribution in [0.5, 0.6) is 0 Å². The lowest BCUT2D eigenvalue weighted by atomic mass is 9.79. The molecule has 1 heterocycles. The van der Waals surface area contributed by atoms with Gasteiger partial charge in [-0.1, -0.05) is 74.5 Å². The van der Waals surface area contributed by atoms with Gasteiger partial charge in [0.1, 0.15) is 0 Å². The summed E-state index contributed by atoms with van der Waals surface area (Å²) >= 11 is 0. The van der Waals surface area contributed by atoms with E-state index in [4.69, 9.17) is 0 Å². The van der Waals surface area contributed by atoms with E-state index < -0.39 is 0 Å². The first-order valence-electron chi connectivity index (χ1n) is 8.91. The Morgan fingerprint density at radius 2 is 1.64 bits per heavy atom. The third-order valence-corrected chi connectivity index (χ3v) is 4.61. The summed E-state index contributed by atoms with van der Waals surface area (Å²) in [6.07, 6.45) is 5.05. The maximum Gasteiger partial charge on any atom is 0.0728 e. The molecule has 0 aliphatic rings. The van der Waals surface area contributed by atoms with Crippen LogP contribution in [0.3, 0.4) is 0 Å². The van der Waals surface area contributed by atoms with Crippen molar-refractivity contribution in [3.63, 3.8) is 0 Å². The summed E-state index contributed by atoms with van der Waals surface area (Å²) in [7, 11) is 0. The maximum atomic E-state index is 4.47. The Labute approximate surface area is 150 Å². The highest BCUT2D eigenvalue weighted by Crippen LogP contribution is 2.29. The van der Waals surface area contributed by atoms with Crippen molar-refractivity contribution >= 4 is 5.69 Å². The molecule has 0 aliphatic heterocycles. The second-order valence-electron chi connectivity index (χ2n) is 7.41. The molecule has 0 bridgehead atoms. The van der Waals surface area contributed by atoms with Crippen molar-refractivity contribution in [3.8, 4) is 0 Å². The molecule has 1 unspecified atom stereocenters. The number of benzene rings is 2. The van der Waals surface area contributed by atoms with Gasteiger partial charge in [-0.15, -0.1) is 0 Å². The lowest BCUT2D eigenvalue weighted by Crippen LogP contribution is -2.27. The average molecular weight is 333 g/mol. The van der Waals surface area contributed by atoms with Crippen LogP contribution in [0.1, 0.15) is 38.3 Å². The molecule has 3 heteroatoms. The molecule has 0 saturated carbocycles. The first-order chi connectivity index (χ1) is 12.0. The van der Waals surface area contributed by atoms with Crippen LogP contribution in [0.15, 0.2) is 73.1 Å². The van der Waals surface area contributed by atoms with E-state index in [1.165, 1.54) is 11.1 Å². The number of nitrogens with one attached hydrogen (secondary N) is 1. The molecule has 0 radical (unpaired) electrons. The van der Waals surface area contributed by atoms with Crippen molar-refractivity contribution in [3.05, 3.63) is 84.2 Å². The Morgan fingerprint density at radius 1 is 1.00 bits per heavy atom. The zero-order valence-corrected chi connectivity index (χ0v) is 15.3. The Balaban J connectivity index is 1.59. The van der Waals surface area contributed by atoms with Crippen molar-refractivity contribution in [1.29, 1.82) is 0 Å². The summed E-state index contributed by atoms with van der Waals surface area (Å²) in [5.41, 5.74) is 3.85. The van der Waals surface area contributed by atoms with Gasteiger partial charge in [-0.05, 0) is 29.9 Å². The van der Waals surface area contributed by atoms with Crippen LogP contribution >= 0.6 is 0 Å². The summed E-state index contributed by atoms with van der Waals surface area (Å²) in [5, 5.41) is 8.06. The zero-order chi connectivity index (χ0) is 17.7. The van der Waals surface area contributed by atoms with E-state index in [-0.39, 0.29) is 5.41 Å². The smallest absolute Gasteiger partial charge is 0.0728 e. The highest BCUT2D eigenvalue weighted by molar-refractivity contribution is 5.39. The largest absolute Gasteiger partial charge is 0.380 e. The monoisotopic (exact) mass is 333 g/mol. The normalized spacial score (nSPS) is 12.8. The fourth-order valence-electron chi connectivity index (χ4n) is 3.40. The van der Waals surface area contributed by atoms with Crippen LogP contribution in [-0.2, 0) is 12.0 Å². The fourth-order valence-corrected chi connectivity index (χ4v) is 3.40. The van der Waals surface area contributed by atoms with E-state index in [9.17, 15) is 0 Å². The van der Waals surface area contributed by atoms with Crippen LogP contribution < -0.4 is 5.32 Å². The lowest BCUT2D eigenvalue weighted by molar-refractivity contribution is 0.450. The molecule has 0 saturated heterocycles. The van der Waals surface area contributed by atoms with Crippen LogP contribution in [0.4, 0.5) is 5.69 Å². The molecule has 0 fully saturated rings. The van der Waals surface area contributed by atoms with Gasteiger partial charge in [0.25, 0.3) is 0 Å². The van der Waals surface area contributed by atoms with Crippen molar-refractivity contribution < 1.29 is 0 Å². The van der Waals surface area contributed by atoms with Crippen molar-refractivity contribution in [1.82, 2.24) is 9.78 Å². The number of anilines is 1. The van der Waals surface area contributed by atoms with E-state index in [0.29, 0.717) is 6.04 Å². The average Bonchev–Trinajstić information content (AvgIpc) is 3.03. The number of hydrogen-bond donors (Lipinski definition) is 1. The van der Waals surface area contributed by atoms with Crippen molar-refractivity contribution in [2.24, 2.45) is 0 Å². The first-order valence-corrected chi connectivity index (χ1v) is 8.91. The Kier molecular flexibility index (Phi) is 5.22. The predicted octanol–water partition coefficient (Wildman–Crippen LogP) is 5.10. The van der Waals surface area contributed by atoms with Gasteiger partial charge in [0.15, 0.2) is 0 Å². The van der Waals surface area contributed by atoms with Gasteiger partial charge >= 0.3 is 0 Å². The molecule has 130 valence electrons. The van der Waals surface area contributed by atoms with Gasteiger partial charge in [0.2, 0.25) is 0 Å². The summed E-state index contributed by atoms with van der Waals surface area (Å²) in [6, 6.07) is 21.5. The standard InChI is InChI=1S/C22H27N3/c1-18(14-22(2,3)20-12-8-5-9-13-20)24-21-15-23-25(17-21)16-19-10-6-4-7-11-19/h4-13,15,17-18,24H,14,16H2,1-3H3. The van der Waals surface area contributed by atoms with E-state index in [1.807, 2.05) is 16.9 Å². The highest BCUT2D eigenvalue weighted by Gasteiger charge is 2.23. The van der Waals surface area contributed by atoms with Gasteiger partial charge < -0.3 is 5.32 Å². The van der Waals surface area contributed by atoms with E-state index in [0.717, 1.165) is 18.7 Å². The van der Waals surface area contributed by atoms with Crippen LogP contribution in [0.2, 0.25) is 0 Å². The fraction of sp³-hybridized carbons (Fsp3) is 0.318. The summed E-state index contributed by atoms with van der Waals surface area (Å²) in [6.45, 7) is 7.64. The lowest BCUT2D eigenvalue weighted by Gasteiger charge is -2.29. The Morgan fingerprint density at radius 3 is 2.32 bits per heavy atom. The van der Waals surface area contributed by atoms with E-state index in [1.54, 1.807) is 0 Å². The molecule has 1 atom stereocenters. The predicted molar refractivity (Wildman–Crippen MR) is 105 cm³/mol. The Bertz CT molecular complexity index is 775. The number of rotatable bonds is 7. The number of hydrogen-bond acceptors (Lipinski definition) is 2. The molecule has 3 rings (SSSR count). The van der Waals surface area contributed by atoms with Gasteiger partial charge in [0.05, 0.1) is 18.4 Å². The van der Waals surface area contributed by atoms with E-state index >= 15 is 0 Å². The molecule has 0 amide bonds. The first kappa shape index (κ1) is 17.3.